The molecule has 0 aliphatic heterocycles. The Morgan fingerprint density at radius 1 is 0.920 bits per heavy atom. The standard InChI is InChI=1S/C19H32O6/c1-6-7-8-9-10-11-12-13-16(24-17(20)14(2)3)19(22,23)25-18(21)15(4)5/h16,22-23H,2,4,6-13H2,1,3,5H3. The van der Waals surface area contributed by atoms with Crippen LogP contribution in [0, 0.1) is 0 Å². The Morgan fingerprint density at radius 3 is 1.88 bits per heavy atom. The van der Waals surface area contributed by atoms with Gasteiger partial charge in [-0.1, -0.05) is 58.6 Å². The maximum atomic E-state index is 11.7. The number of aliphatic hydroxyl groups is 2. The Hall–Kier alpha value is -1.66. The van der Waals surface area contributed by atoms with Crippen LogP contribution in [0.3, 0.4) is 0 Å². The molecule has 0 rings (SSSR count). The van der Waals surface area contributed by atoms with Crippen molar-refractivity contribution in [3.05, 3.63) is 24.3 Å². The van der Waals surface area contributed by atoms with E-state index in [0.29, 0.717) is 6.42 Å². The van der Waals surface area contributed by atoms with Crippen LogP contribution >= 0.6 is 0 Å². The molecule has 0 aromatic carbocycles. The summed E-state index contributed by atoms with van der Waals surface area (Å²) >= 11 is 0. The van der Waals surface area contributed by atoms with Gasteiger partial charge in [0.2, 0.25) is 0 Å². The average molecular weight is 356 g/mol. The third kappa shape index (κ3) is 10.0. The Balaban J connectivity index is 4.69. The first kappa shape index (κ1) is 23.3. The largest absolute Gasteiger partial charge is 0.449 e. The molecule has 25 heavy (non-hydrogen) atoms. The van der Waals surface area contributed by atoms with Gasteiger partial charge in [0.05, 0.1) is 0 Å². The third-order valence-corrected chi connectivity index (χ3v) is 3.68. The number of hydrogen-bond acceptors (Lipinski definition) is 6. The van der Waals surface area contributed by atoms with Gasteiger partial charge >= 0.3 is 17.9 Å². The number of hydrogen-bond donors (Lipinski definition) is 2. The fourth-order valence-electron chi connectivity index (χ4n) is 2.13. The Bertz CT molecular complexity index is 467. The minimum Gasteiger partial charge on any atom is -0.449 e. The van der Waals surface area contributed by atoms with Gasteiger partial charge in [0.25, 0.3) is 0 Å². The van der Waals surface area contributed by atoms with Gasteiger partial charge in [0, 0.05) is 11.1 Å². The zero-order valence-corrected chi connectivity index (χ0v) is 15.7. The van der Waals surface area contributed by atoms with Crippen LogP contribution < -0.4 is 0 Å². The van der Waals surface area contributed by atoms with Crippen molar-refractivity contribution in [2.24, 2.45) is 0 Å². The predicted octanol–water partition coefficient (Wildman–Crippen LogP) is 3.37. The minimum atomic E-state index is -2.91. The molecule has 6 heteroatoms. The molecule has 0 radical (unpaired) electrons. The number of unbranched alkanes of at least 4 members (excludes halogenated alkanes) is 6. The summed E-state index contributed by atoms with van der Waals surface area (Å²) in [6, 6.07) is 0. The van der Waals surface area contributed by atoms with E-state index in [9.17, 15) is 19.8 Å². The van der Waals surface area contributed by atoms with Crippen LogP contribution in [0.25, 0.3) is 0 Å². The van der Waals surface area contributed by atoms with E-state index in [2.05, 4.69) is 24.8 Å². The molecule has 0 spiro atoms. The number of ether oxygens (including phenoxy) is 2. The number of carbonyl (C=O) groups is 2. The molecule has 0 amide bonds. The molecule has 0 saturated heterocycles. The molecule has 6 nitrogen and oxygen atoms in total. The van der Waals surface area contributed by atoms with Crippen LogP contribution in [-0.2, 0) is 19.1 Å². The Kier molecular flexibility index (Phi) is 11.0. The van der Waals surface area contributed by atoms with Crippen molar-refractivity contribution < 1.29 is 29.3 Å². The summed E-state index contributed by atoms with van der Waals surface area (Å²) in [5.41, 5.74) is 0.125. The van der Waals surface area contributed by atoms with Gasteiger partial charge in [-0.25, -0.2) is 9.59 Å². The summed E-state index contributed by atoms with van der Waals surface area (Å²) in [6.45, 7) is 11.8. The molecule has 144 valence electrons. The molecule has 0 aliphatic carbocycles. The molecule has 2 N–H and O–H groups in total. The molecule has 0 fully saturated rings. The molecule has 1 atom stereocenters. The first-order valence-corrected chi connectivity index (χ1v) is 8.81. The molecular formula is C19H32O6. The highest BCUT2D eigenvalue weighted by Crippen LogP contribution is 2.22. The Morgan fingerprint density at radius 2 is 1.40 bits per heavy atom. The van der Waals surface area contributed by atoms with Gasteiger partial charge in [-0.3, -0.25) is 0 Å². The zero-order chi connectivity index (χ0) is 19.5. The minimum absolute atomic E-state index is 0.00776. The van der Waals surface area contributed by atoms with Crippen LogP contribution in [0.15, 0.2) is 24.3 Å². The lowest BCUT2D eigenvalue weighted by molar-refractivity contribution is -0.358. The summed E-state index contributed by atoms with van der Waals surface area (Å²) in [5, 5.41) is 20.1. The lowest BCUT2D eigenvalue weighted by Crippen LogP contribution is -2.48. The second-order valence-corrected chi connectivity index (χ2v) is 6.41. The van der Waals surface area contributed by atoms with Crippen molar-refractivity contribution in [2.75, 3.05) is 0 Å². The number of carbonyl (C=O) groups excluding carboxylic acids is 2. The van der Waals surface area contributed by atoms with Gasteiger partial charge in [0.1, 0.15) is 0 Å². The van der Waals surface area contributed by atoms with Crippen LogP contribution in [-0.4, -0.2) is 34.2 Å². The van der Waals surface area contributed by atoms with Gasteiger partial charge in [-0.15, -0.1) is 0 Å². The SMILES string of the molecule is C=C(C)C(=O)OC(CCCCCCCCC)C(O)(O)OC(=O)C(=C)C. The summed E-state index contributed by atoms with van der Waals surface area (Å²) in [5.74, 6) is -4.66. The second-order valence-electron chi connectivity index (χ2n) is 6.41. The first-order valence-electron chi connectivity index (χ1n) is 8.81. The van der Waals surface area contributed by atoms with E-state index in [4.69, 9.17) is 4.74 Å². The van der Waals surface area contributed by atoms with E-state index in [0.717, 1.165) is 19.3 Å². The van der Waals surface area contributed by atoms with E-state index < -0.39 is 24.0 Å². The molecule has 0 bridgehead atoms. The van der Waals surface area contributed by atoms with Crippen LogP contribution in [0.5, 0.6) is 0 Å². The first-order chi connectivity index (χ1) is 11.6. The molecular weight excluding hydrogens is 324 g/mol. The summed E-state index contributed by atoms with van der Waals surface area (Å²) in [4.78, 5) is 23.3. The number of esters is 2. The van der Waals surface area contributed by atoms with E-state index in [1.165, 1.54) is 33.1 Å². The Labute approximate surface area is 150 Å². The topological polar surface area (TPSA) is 93.1 Å². The van der Waals surface area contributed by atoms with Crippen molar-refractivity contribution >= 4 is 11.9 Å². The maximum absolute atomic E-state index is 11.7. The van der Waals surface area contributed by atoms with Crippen molar-refractivity contribution in [3.8, 4) is 0 Å². The monoisotopic (exact) mass is 356 g/mol. The van der Waals surface area contributed by atoms with E-state index >= 15 is 0 Å². The van der Waals surface area contributed by atoms with Gasteiger partial charge in [0.15, 0.2) is 6.10 Å². The van der Waals surface area contributed by atoms with Crippen LogP contribution in [0.2, 0.25) is 0 Å². The van der Waals surface area contributed by atoms with Crippen LogP contribution in [0.4, 0.5) is 0 Å². The van der Waals surface area contributed by atoms with Crippen molar-refractivity contribution in [3.63, 3.8) is 0 Å². The van der Waals surface area contributed by atoms with Gasteiger partial charge in [-0.05, 0) is 26.7 Å². The molecule has 0 saturated carbocycles. The van der Waals surface area contributed by atoms with E-state index in [1.54, 1.807) is 0 Å². The van der Waals surface area contributed by atoms with Crippen LogP contribution in [0.1, 0.15) is 72.1 Å². The normalized spacial score (nSPS) is 12.4. The fourth-order valence-corrected chi connectivity index (χ4v) is 2.13. The predicted molar refractivity (Wildman–Crippen MR) is 95.4 cm³/mol. The van der Waals surface area contributed by atoms with Gasteiger partial charge in [-0.2, -0.15) is 0 Å². The fraction of sp³-hybridized carbons (Fsp3) is 0.684. The highest BCUT2D eigenvalue weighted by atomic mass is 16.8. The average Bonchev–Trinajstić information content (AvgIpc) is 2.51. The maximum Gasteiger partial charge on any atom is 0.363 e. The lowest BCUT2D eigenvalue weighted by atomic mass is 10.1. The second kappa shape index (κ2) is 11.8. The smallest absolute Gasteiger partial charge is 0.363 e. The van der Waals surface area contributed by atoms with Crippen molar-refractivity contribution in [1.82, 2.24) is 0 Å². The molecule has 0 aromatic rings. The summed E-state index contributed by atoms with van der Waals surface area (Å²) in [6.07, 6.45) is 5.89. The molecule has 0 heterocycles. The number of rotatable bonds is 13. The van der Waals surface area contributed by atoms with Gasteiger partial charge < -0.3 is 19.7 Å². The lowest BCUT2D eigenvalue weighted by Gasteiger charge is -2.30. The summed E-state index contributed by atoms with van der Waals surface area (Å²) < 4.78 is 9.68. The zero-order valence-electron chi connectivity index (χ0n) is 15.7. The quantitative estimate of drug-likeness (QED) is 0.227. The summed E-state index contributed by atoms with van der Waals surface area (Å²) in [7, 11) is 0. The van der Waals surface area contributed by atoms with Crippen molar-refractivity contribution in [1.29, 1.82) is 0 Å². The van der Waals surface area contributed by atoms with E-state index in [-0.39, 0.29) is 17.6 Å². The molecule has 0 aromatic heterocycles. The molecule has 1 unspecified atom stereocenters. The highest BCUT2D eigenvalue weighted by Gasteiger charge is 2.42. The highest BCUT2D eigenvalue weighted by molar-refractivity contribution is 5.88. The van der Waals surface area contributed by atoms with Crippen molar-refractivity contribution in [2.45, 2.75) is 84.2 Å². The molecule has 0 aliphatic rings. The third-order valence-electron chi connectivity index (χ3n) is 3.68. The van der Waals surface area contributed by atoms with E-state index in [1.807, 2.05) is 0 Å².